The van der Waals surface area contributed by atoms with Gasteiger partial charge in [-0.2, -0.15) is 0 Å². The van der Waals surface area contributed by atoms with Crippen molar-refractivity contribution in [3.63, 3.8) is 0 Å². The van der Waals surface area contributed by atoms with Gasteiger partial charge in [0.25, 0.3) is 0 Å². The molecule has 4 fully saturated rings. The highest BCUT2D eigenvalue weighted by atomic mass is 79.9. The van der Waals surface area contributed by atoms with E-state index in [9.17, 15) is 14.7 Å². The number of aliphatic hydroxyl groups is 1. The number of Topliss-reactive ketones (excluding diaryl/α,β-unsaturated/α-hetero) is 1. The molecule has 25 heavy (non-hydrogen) atoms. The lowest BCUT2D eigenvalue weighted by Gasteiger charge is -2.66. The maximum atomic E-state index is 13.1. The standard InChI is InChI=1S/C20H29BrO4/c1-17(2)7-5-8-18(3)11(17)6-9-19(4)13(18)12(21)15(22)20(24)10-25-16(23)14(19)20/h11-14,24H,5-10H2,1-4H3/t11-,12-,13+,14-,18-,19+,20+/m0/s1. The average Bonchev–Trinajstić information content (AvgIpc) is 2.81. The van der Waals surface area contributed by atoms with Gasteiger partial charge in [-0.15, -0.1) is 0 Å². The van der Waals surface area contributed by atoms with E-state index in [-0.39, 0.29) is 35.1 Å². The van der Waals surface area contributed by atoms with E-state index in [0.29, 0.717) is 5.92 Å². The minimum atomic E-state index is -1.66. The van der Waals surface area contributed by atoms with E-state index in [0.717, 1.165) is 25.7 Å². The molecule has 5 heteroatoms. The molecule has 3 saturated carbocycles. The van der Waals surface area contributed by atoms with Crippen molar-refractivity contribution < 1.29 is 19.4 Å². The summed E-state index contributed by atoms with van der Waals surface area (Å²) >= 11 is 3.68. The van der Waals surface area contributed by atoms with Crippen molar-refractivity contribution in [2.75, 3.05) is 6.61 Å². The molecule has 0 aromatic carbocycles. The van der Waals surface area contributed by atoms with Crippen LogP contribution in [0, 0.1) is 34.0 Å². The summed E-state index contributed by atoms with van der Waals surface area (Å²) in [5.41, 5.74) is -1.84. The van der Waals surface area contributed by atoms with Gasteiger partial charge < -0.3 is 9.84 Å². The number of hydrogen-bond acceptors (Lipinski definition) is 4. The second-order valence-electron chi connectivity index (χ2n) is 10.2. The van der Waals surface area contributed by atoms with Gasteiger partial charge >= 0.3 is 5.97 Å². The number of alkyl halides is 1. The van der Waals surface area contributed by atoms with E-state index >= 15 is 0 Å². The SMILES string of the molecule is CC1(C)CCC[C@]2(C)[C@H]3[C@H](Br)C(=O)[C@@]4(O)COC(=O)[C@H]4[C@]3(C)CC[C@@H]12. The Bertz CT molecular complexity index is 646. The molecule has 0 amide bonds. The van der Waals surface area contributed by atoms with E-state index in [1.165, 1.54) is 6.42 Å². The Morgan fingerprint density at radius 3 is 2.44 bits per heavy atom. The zero-order valence-corrected chi connectivity index (χ0v) is 17.2. The zero-order valence-electron chi connectivity index (χ0n) is 15.6. The minimum Gasteiger partial charge on any atom is -0.462 e. The van der Waals surface area contributed by atoms with Crippen LogP contribution in [0.25, 0.3) is 0 Å². The number of carbonyl (C=O) groups excluding carboxylic acids is 2. The second kappa shape index (κ2) is 5.09. The molecule has 1 saturated heterocycles. The molecule has 0 bridgehead atoms. The van der Waals surface area contributed by atoms with Crippen LogP contribution in [0.3, 0.4) is 0 Å². The lowest BCUT2D eigenvalue weighted by atomic mass is 9.38. The lowest BCUT2D eigenvalue weighted by molar-refractivity contribution is -0.199. The Balaban J connectivity index is 1.87. The molecule has 3 aliphatic carbocycles. The summed E-state index contributed by atoms with van der Waals surface area (Å²) in [6, 6.07) is 0. The van der Waals surface area contributed by atoms with Crippen molar-refractivity contribution in [3.8, 4) is 0 Å². The second-order valence-corrected chi connectivity index (χ2v) is 11.1. The van der Waals surface area contributed by atoms with Gasteiger partial charge in [-0.3, -0.25) is 9.59 Å². The third-order valence-corrected chi connectivity index (χ3v) is 9.39. The van der Waals surface area contributed by atoms with Crippen LogP contribution in [0.1, 0.15) is 59.8 Å². The maximum absolute atomic E-state index is 13.1. The summed E-state index contributed by atoms with van der Waals surface area (Å²) in [5.74, 6) is -0.796. The minimum absolute atomic E-state index is 0.0111. The van der Waals surface area contributed by atoms with Crippen molar-refractivity contribution in [3.05, 3.63) is 0 Å². The molecule has 1 aliphatic heterocycles. The van der Waals surface area contributed by atoms with Gasteiger partial charge in [0.2, 0.25) is 0 Å². The van der Waals surface area contributed by atoms with Crippen LogP contribution in [0.15, 0.2) is 0 Å². The average molecular weight is 413 g/mol. The largest absolute Gasteiger partial charge is 0.462 e. The molecule has 140 valence electrons. The first kappa shape index (κ1) is 18.0. The number of halogens is 1. The van der Waals surface area contributed by atoms with Crippen LogP contribution in [0.5, 0.6) is 0 Å². The molecule has 0 unspecified atom stereocenters. The van der Waals surface area contributed by atoms with Crippen molar-refractivity contribution in [2.45, 2.75) is 70.2 Å². The van der Waals surface area contributed by atoms with Crippen LogP contribution in [0.4, 0.5) is 0 Å². The highest BCUT2D eigenvalue weighted by molar-refractivity contribution is 9.10. The number of fused-ring (bicyclic) bond motifs is 5. The van der Waals surface area contributed by atoms with E-state index in [1.54, 1.807) is 0 Å². The Hall–Kier alpha value is -0.420. The molecule has 4 aliphatic rings. The molecule has 1 heterocycles. The summed E-state index contributed by atoms with van der Waals surface area (Å²) in [6.45, 7) is 8.96. The summed E-state index contributed by atoms with van der Waals surface area (Å²) in [4.78, 5) is 25.3. The van der Waals surface area contributed by atoms with Gasteiger partial charge in [0, 0.05) is 0 Å². The predicted octanol–water partition coefficient (Wildman–Crippen LogP) is 3.49. The van der Waals surface area contributed by atoms with Crippen molar-refractivity contribution in [2.24, 2.45) is 34.0 Å². The van der Waals surface area contributed by atoms with Crippen LogP contribution in [-0.2, 0) is 14.3 Å². The number of hydrogen-bond donors (Lipinski definition) is 1. The first-order valence-corrected chi connectivity index (χ1v) is 10.5. The Labute approximate surface area is 158 Å². The molecule has 7 atom stereocenters. The van der Waals surface area contributed by atoms with Crippen molar-refractivity contribution in [1.29, 1.82) is 0 Å². The fraction of sp³-hybridized carbons (Fsp3) is 0.900. The van der Waals surface area contributed by atoms with Crippen LogP contribution >= 0.6 is 15.9 Å². The van der Waals surface area contributed by atoms with Crippen LogP contribution in [0.2, 0.25) is 0 Å². The number of carbonyl (C=O) groups is 2. The first-order chi connectivity index (χ1) is 11.5. The fourth-order valence-electron chi connectivity index (χ4n) is 7.58. The number of ketones is 1. The monoisotopic (exact) mass is 412 g/mol. The van der Waals surface area contributed by atoms with Crippen molar-refractivity contribution in [1.82, 2.24) is 0 Å². The highest BCUT2D eigenvalue weighted by Gasteiger charge is 2.74. The third-order valence-electron chi connectivity index (χ3n) is 8.45. The van der Waals surface area contributed by atoms with E-state index in [1.807, 2.05) is 0 Å². The quantitative estimate of drug-likeness (QED) is 0.488. The molecule has 0 aromatic rings. The van der Waals surface area contributed by atoms with Crippen LogP contribution in [-0.4, -0.2) is 33.9 Å². The van der Waals surface area contributed by atoms with Gasteiger partial charge in [-0.05, 0) is 53.8 Å². The number of rotatable bonds is 0. The summed E-state index contributed by atoms with van der Waals surface area (Å²) in [6.07, 6.45) is 5.35. The number of ether oxygens (including phenoxy) is 1. The predicted molar refractivity (Wildman–Crippen MR) is 97.2 cm³/mol. The fourth-order valence-corrected chi connectivity index (χ4v) is 9.18. The Morgan fingerprint density at radius 2 is 1.76 bits per heavy atom. The third kappa shape index (κ3) is 2.03. The topological polar surface area (TPSA) is 63.6 Å². The van der Waals surface area contributed by atoms with E-state index in [4.69, 9.17) is 4.74 Å². The van der Waals surface area contributed by atoms with Gasteiger partial charge in [0.1, 0.15) is 12.5 Å². The maximum Gasteiger partial charge on any atom is 0.313 e. The Morgan fingerprint density at radius 1 is 1.08 bits per heavy atom. The number of cyclic esters (lactones) is 1. The smallest absolute Gasteiger partial charge is 0.313 e. The zero-order chi connectivity index (χ0) is 18.4. The molecule has 0 spiro atoms. The van der Waals surface area contributed by atoms with Crippen LogP contribution < -0.4 is 0 Å². The molecule has 0 radical (unpaired) electrons. The molecule has 1 N–H and O–H groups in total. The van der Waals surface area contributed by atoms with E-state index < -0.39 is 21.8 Å². The molecular weight excluding hydrogens is 384 g/mol. The molecular formula is C20H29BrO4. The van der Waals surface area contributed by atoms with Gasteiger partial charge in [0.15, 0.2) is 11.4 Å². The molecule has 4 nitrogen and oxygen atoms in total. The lowest BCUT2D eigenvalue weighted by Crippen LogP contribution is -2.70. The summed E-state index contributed by atoms with van der Waals surface area (Å²) < 4.78 is 5.22. The van der Waals surface area contributed by atoms with E-state index in [2.05, 4.69) is 43.6 Å². The molecule has 4 rings (SSSR count). The van der Waals surface area contributed by atoms with Gasteiger partial charge in [-0.25, -0.2) is 0 Å². The molecule has 0 aromatic heterocycles. The highest BCUT2D eigenvalue weighted by Crippen LogP contribution is 2.70. The number of esters is 1. The summed E-state index contributed by atoms with van der Waals surface area (Å²) in [5, 5.41) is 11.1. The van der Waals surface area contributed by atoms with Gasteiger partial charge in [0.05, 0.1) is 4.83 Å². The van der Waals surface area contributed by atoms with Crippen molar-refractivity contribution >= 4 is 27.7 Å². The first-order valence-electron chi connectivity index (χ1n) is 9.56. The van der Waals surface area contributed by atoms with Gasteiger partial charge in [-0.1, -0.05) is 50.0 Å². The normalized spacial score (nSPS) is 54.3. The Kier molecular flexibility index (Phi) is 3.66. The summed E-state index contributed by atoms with van der Waals surface area (Å²) in [7, 11) is 0.